The fourth-order valence-electron chi connectivity index (χ4n) is 4.72. The number of hydrogen-bond donors (Lipinski definition) is 0. The number of benzene rings is 1. The van der Waals surface area contributed by atoms with Gasteiger partial charge in [-0.3, -0.25) is 9.69 Å². The van der Waals surface area contributed by atoms with Gasteiger partial charge in [0.2, 0.25) is 5.91 Å². The third kappa shape index (κ3) is 6.09. The monoisotopic (exact) mass is 474 g/mol. The minimum Gasteiger partial charge on any atom is -0.447 e. The van der Waals surface area contributed by atoms with E-state index in [4.69, 9.17) is 14.2 Å². The number of nitrogens with zero attached hydrogens (tertiary/aromatic N) is 2. The second-order valence-electron chi connectivity index (χ2n) is 10.6. The number of carbonyl (C=O) groups excluding carboxylic acids is 3. The minimum atomic E-state index is -0.852. The molecule has 3 atom stereocenters. The summed E-state index contributed by atoms with van der Waals surface area (Å²) in [5.41, 5.74) is -0.462. The lowest BCUT2D eigenvalue weighted by molar-refractivity contribution is -0.134. The maximum absolute atomic E-state index is 13.7. The van der Waals surface area contributed by atoms with Gasteiger partial charge in [0.15, 0.2) is 0 Å². The highest BCUT2D eigenvalue weighted by molar-refractivity contribution is 5.94. The molecule has 2 heterocycles. The predicted octanol–water partition coefficient (Wildman–Crippen LogP) is 4.75. The zero-order valence-electron chi connectivity index (χ0n) is 21.2. The Kier molecular flexibility index (Phi) is 7.91. The molecule has 3 amide bonds. The molecule has 0 spiro atoms. The summed E-state index contributed by atoms with van der Waals surface area (Å²) in [5, 5.41) is 0. The van der Waals surface area contributed by atoms with E-state index in [0.717, 1.165) is 12.0 Å². The summed E-state index contributed by atoms with van der Waals surface area (Å²) < 4.78 is 16.8. The molecule has 2 saturated heterocycles. The third-order valence-electron chi connectivity index (χ3n) is 6.22. The first-order chi connectivity index (χ1) is 15.9. The van der Waals surface area contributed by atoms with E-state index in [1.165, 1.54) is 4.90 Å². The number of amides is 3. The summed E-state index contributed by atoms with van der Waals surface area (Å²) in [5.74, 6) is -0.694. The number of imide groups is 1. The highest BCUT2D eigenvalue weighted by atomic mass is 16.6. The van der Waals surface area contributed by atoms with E-state index in [9.17, 15) is 14.4 Å². The van der Waals surface area contributed by atoms with Crippen LogP contribution in [-0.2, 0) is 25.4 Å². The van der Waals surface area contributed by atoms with Gasteiger partial charge in [-0.25, -0.2) is 14.5 Å². The van der Waals surface area contributed by atoms with Crippen molar-refractivity contribution >= 4 is 18.1 Å². The number of cyclic esters (lactones) is 1. The van der Waals surface area contributed by atoms with E-state index in [1.54, 1.807) is 4.90 Å². The van der Waals surface area contributed by atoms with Crippen LogP contribution in [0.15, 0.2) is 30.3 Å². The van der Waals surface area contributed by atoms with Crippen molar-refractivity contribution in [1.82, 2.24) is 9.80 Å². The molecule has 2 aliphatic heterocycles. The topological polar surface area (TPSA) is 85.4 Å². The molecule has 34 heavy (non-hydrogen) atoms. The third-order valence-corrected chi connectivity index (χ3v) is 6.22. The second-order valence-corrected chi connectivity index (χ2v) is 10.6. The van der Waals surface area contributed by atoms with Gasteiger partial charge in [-0.05, 0) is 59.4 Å². The Labute approximate surface area is 202 Å². The lowest BCUT2D eigenvalue weighted by atomic mass is 9.92. The summed E-state index contributed by atoms with van der Waals surface area (Å²) in [6.07, 6.45) is 1.23. The van der Waals surface area contributed by atoms with Crippen LogP contribution in [0.2, 0.25) is 0 Å². The average Bonchev–Trinajstić information content (AvgIpc) is 3.25. The standard InChI is InChI=1S/C26H38N2O6/c1-7-11-19(15-21-17-33-26(5,6)28(21)24(31)34-25(2,3)4)22(29)27-20(16-32-23(27)30)14-18-12-9-8-10-13-18/h8-10,12-13,19-21H,7,11,14-17H2,1-6H3/t19-,20+,21+/m1/s1. The van der Waals surface area contributed by atoms with Crippen LogP contribution in [0.5, 0.6) is 0 Å². The van der Waals surface area contributed by atoms with Gasteiger partial charge in [-0.15, -0.1) is 0 Å². The molecule has 0 bridgehead atoms. The van der Waals surface area contributed by atoms with Crippen LogP contribution >= 0.6 is 0 Å². The summed E-state index contributed by atoms with van der Waals surface area (Å²) in [4.78, 5) is 42.1. The molecule has 2 fully saturated rings. The molecule has 0 radical (unpaired) electrons. The molecule has 188 valence electrons. The maximum Gasteiger partial charge on any atom is 0.416 e. The summed E-state index contributed by atoms with van der Waals surface area (Å²) in [7, 11) is 0. The van der Waals surface area contributed by atoms with E-state index in [-0.39, 0.29) is 24.6 Å². The van der Waals surface area contributed by atoms with Gasteiger partial charge in [0.1, 0.15) is 17.9 Å². The Hall–Kier alpha value is -2.61. The van der Waals surface area contributed by atoms with Crippen molar-refractivity contribution in [2.24, 2.45) is 5.92 Å². The zero-order valence-corrected chi connectivity index (χ0v) is 21.2. The maximum atomic E-state index is 13.7. The molecule has 8 heteroatoms. The van der Waals surface area contributed by atoms with E-state index >= 15 is 0 Å². The highest BCUT2D eigenvalue weighted by Crippen LogP contribution is 2.34. The number of ether oxygens (including phenoxy) is 3. The smallest absolute Gasteiger partial charge is 0.416 e. The van der Waals surface area contributed by atoms with E-state index < -0.39 is 29.4 Å². The SMILES string of the molecule is CCC[C@H](C[C@H]1COC(C)(C)N1C(=O)OC(C)(C)C)C(=O)N1C(=O)OC[C@@H]1Cc1ccccc1. The Morgan fingerprint density at radius 3 is 2.44 bits per heavy atom. The Morgan fingerprint density at radius 1 is 1.15 bits per heavy atom. The highest BCUT2D eigenvalue weighted by Gasteiger charge is 2.48. The van der Waals surface area contributed by atoms with Crippen molar-refractivity contribution in [2.75, 3.05) is 13.2 Å². The molecule has 0 saturated carbocycles. The Bertz CT molecular complexity index is 879. The largest absolute Gasteiger partial charge is 0.447 e. The van der Waals surface area contributed by atoms with Crippen molar-refractivity contribution < 1.29 is 28.6 Å². The molecule has 0 aliphatic carbocycles. The first-order valence-electron chi connectivity index (χ1n) is 12.1. The Morgan fingerprint density at radius 2 is 1.82 bits per heavy atom. The van der Waals surface area contributed by atoms with Crippen LogP contribution in [0.4, 0.5) is 9.59 Å². The van der Waals surface area contributed by atoms with Gasteiger partial charge in [0.05, 0.1) is 18.7 Å². The van der Waals surface area contributed by atoms with Crippen molar-refractivity contribution in [2.45, 2.75) is 90.6 Å². The second kappa shape index (κ2) is 10.3. The molecule has 1 aromatic rings. The number of hydrogen-bond acceptors (Lipinski definition) is 6. The first kappa shape index (κ1) is 26.0. The fraction of sp³-hybridized carbons (Fsp3) is 0.654. The lowest BCUT2D eigenvalue weighted by Gasteiger charge is -2.36. The van der Waals surface area contributed by atoms with E-state index in [1.807, 2.05) is 71.9 Å². The van der Waals surface area contributed by atoms with Gasteiger partial charge < -0.3 is 14.2 Å². The number of carbonyl (C=O) groups is 3. The summed E-state index contributed by atoms with van der Waals surface area (Å²) in [6.45, 7) is 11.6. The van der Waals surface area contributed by atoms with Crippen molar-refractivity contribution in [3.05, 3.63) is 35.9 Å². The number of rotatable bonds is 7. The fourth-order valence-corrected chi connectivity index (χ4v) is 4.72. The van der Waals surface area contributed by atoms with Crippen LogP contribution in [-0.4, -0.2) is 64.5 Å². The molecule has 0 N–H and O–H groups in total. The minimum absolute atomic E-state index is 0.182. The molecule has 0 unspecified atom stereocenters. The predicted molar refractivity (Wildman–Crippen MR) is 127 cm³/mol. The van der Waals surface area contributed by atoms with Crippen LogP contribution in [0, 0.1) is 5.92 Å². The first-order valence-corrected chi connectivity index (χ1v) is 12.1. The van der Waals surface area contributed by atoms with Gasteiger partial charge in [-0.2, -0.15) is 0 Å². The molecule has 2 aliphatic rings. The van der Waals surface area contributed by atoms with Gasteiger partial charge in [0, 0.05) is 5.92 Å². The molecular weight excluding hydrogens is 436 g/mol. The van der Waals surface area contributed by atoms with E-state index in [0.29, 0.717) is 25.9 Å². The average molecular weight is 475 g/mol. The molecule has 0 aromatic heterocycles. The van der Waals surface area contributed by atoms with E-state index in [2.05, 4.69) is 0 Å². The summed E-state index contributed by atoms with van der Waals surface area (Å²) in [6, 6.07) is 9.08. The van der Waals surface area contributed by atoms with Crippen molar-refractivity contribution in [3.8, 4) is 0 Å². The van der Waals surface area contributed by atoms with Crippen LogP contribution in [0.3, 0.4) is 0 Å². The van der Waals surface area contributed by atoms with Crippen LogP contribution in [0.1, 0.15) is 66.4 Å². The van der Waals surface area contributed by atoms with Crippen LogP contribution in [0.25, 0.3) is 0 Å². The van der Waals surface area contributed by atoms with Crippen LogP contribution < -0.4 is 0 Å². The van der Waals surface area contributed by atoms with Crippen molar-refractivity contribution in [1.29, 1.82) is 0 Å². The quantitative estimate of drug-likeness (QED) is 0.567. The Balaban J connectivity index is 1.78. The van der Waals surface area contributed by atoms with Gasteiger partial charge >= 0.3 is 12.2 Å². The molecule has 3 rings (SSSR count). The molecule has 1 aromatic carbocycles. The van der Waals surface area contributed by atoms with Crippen molar-refractivity contribution in [3.63, 3.8) is 0 Å². The van der Waals surface area contributed by atoms with Gasteiger partial charge in [0.25, 0.3) is 0 Å². The summed E-state index contributed by atoms with van der Waals surface area (Å²) >= 11 is 0. The normalized spacial score (nSPS) is 23.1. The zero-order chi connectivity index (χ0) is 25.1. The molecule has 8 nitrogen and oxygen atoms in total. The lowest BCUT2D eigenvalue weighted by Crippen LogP contribution is -2.51. The van der Waals surface area contributed by atoms with Gasteiger partial charge in [-0.1, -0.05) is 43.7 Å². The molecular formula is C26H38N2O6.